The third-order valence-electron chi connectivity index (χ3n) is 4.44. The van der Waals surface area contributed by atoms with E-state index < -0.39 is 35.2 Å². The van der Waals surface area contributed by atoms with Crippen molar-refractivity contribution >= 4 is 17.5 Å². The predicted octanol–water partition coefficient (Wildman–Crippen LogP) is 4.55. The lowest BCUT2D eigenvalue weighted by Gasteiger charge is -2.15. The molecule has 0 radical (unpaired) electrons. The van der Waals surface area contributed by atoms with Gasteiger partial charge in [-0.15, -0.1) is 0 Å². The van der Waals surface area contributed by atoms with Gasteiger partial charge in [0.15, 0.2) is 5.82 Å². The molecule has 0 saturated carbocycles. The molecule has 0 fully saturated rings. The summed E-state index contributed by atoms with van der Waals surface area (Å²) in [7, 11) is 0. The van der Waals surface area contributed by atoms with Gasteiger partial charge in [0.1, 0.15) is 12.1 Å². The van der Waals surface area contributed by atoms with Crippen LogP contribution in [0.5, 0.6) is 0 Å². The Bertz CT molecular complexity index is 1140. The lowest BCUT2D eigenvalue weighted by molar-refractivity contribution is -0.143. The van der Waals surface area contributed by atoms with Crippen molar-refractivity contribution in [2.45, 2.75) is 26.2 Å². The number of nitrogens with one attached hydrogen (secondary N) is 3. The molecule has 0 unspecified atom stereocenters. The topological polar surface area (TPSA) is 96.8 Å². The van der Waals surface area contributed by atoms with E-state index in [2.05, 4.69) is 25.7 Å². The van der Waals surface area contributed by atoms with Crippen LogP contribution >= 0.6 is 0 Å². The molecule has 0 spiro atoms. The Morgan fingerprint density at radius 2 is 1.56 bits per heavy atom. The Morgan fingerprint density at radius 3 is 2.12 bits per heavy atom. The summed E-state index contributed by atoms with van der Waals surface area (Å²) in [6, 6.07) is 3.36. The fourth-order valence-corrected chi connectivity index (χ4v) is 2.99. The number of amides is 2. The van der Waals surface area contributed by atoms with E-state index >= 15 is 0 Å². The molecule has 182 valence electrons. The molecular formula is C20H19F6N7O. The van der Waals surface area contributed by atoms with Crippen LogP contribution in [0.25, 0.3) is 5.82 Å². The van der Waals surface area contributed by atoms with Crippen molar-refractivity contribution in [1.29, 1.82) is 0 Å². The second kappa shape index (κ2) is 9.57. The predicted molar refractivity (Wildman–Crippen MR) is 111 cm³/mol. The first-order valence-corrected chi connectivity index (χ1v) is 9.77. The van der Waals surface area contributed by atoms with Crippen molar-refractivity contribution in [2.75, 3.05) is 23.7 Å². The van der Waals surface area contributed by atoms with Gasteiger partial charge in [-0.2, -0.15) is 31.4 Å². The highest BCUT2D eigenvalue weighted by Crippen LogP contribution is 2.37. The average molecular weight is 487 g/mol. The number of hydrogen-bond donors (Lipinski definition) is 3. The number of carbonyl (C=O) groups is 1. The molecule has 2 aromatic heterocycles. The van der Waals surface area contributed by atoms with Crippen molar-refractivity contribution in [3.05, 3.63) is 59.2 Å². The van der Waals surface area contributed by atoms with Crippen molar-refractivity contribution in [2.24, 2.45) is 0 Å². The van der Waals surface area contributed by atoms with Crippen LogP contribution in [0.2, 0.25) is 0 Å². The molecule has 0 bridgehead atoms. The summed E-state index contributed by atoms with van der Waals surface area (Å²) in [5, 5.41) is 11.6. The monoisotopic (exact) mass is 487 g/mol. The van der Waals surface area contributed by atoms with E-state index in [1.165, 1.54) is 6.33 Å². The van der Waals surface area contributed by atoms with E-state index in [0.29, 0.717) is 23.8 Å². The van der Waals surface area contributed by atoms with Crippen LogP contribution in [-0.4, -0.2) is 38.9 Å². The van der Waals surface area contributed by atoms with Gasteiger partial charge >= 0.3 is 18.4 Å². The third kappa shape index (κ3) is 6.36. The number of aryl methyl sites for hydroxylation is 2. The first kappa shape index (κ1) is 24.8. The van der Waals surface area contributed by atoms with Crippen LogP contribution in [-0.2, 0) is 12.4 Å². The van der Waals surface area contributed by atoms with E-state index in [1.54, 1.807) is 10.7 Å². The first-order chi connectivity index (χ1) is 15.8. The summed E-state index contributed by atoms with van der Waals surface area (Å²) in [4.78, 5) is 20.2. The van der Waals surface area contributed by atoms with Gasteiger partial charge in [0.25, 0.3) is 0 Å². The number of benzene rings is 1. The second-order valence-corrected chi connectivity index (χ2v) is 7.20. The summed E-state index contributed by atoms with van der Waals surface area (Å²) < 4.78 is 79.2. The van der Waals surface area contributed by atoms with E-state index in [1.807, 2.05) is 25.2 Å². The van der Waals surface area contributed by atoms with Crippen LogP contribution in [0, 0.1) is 13.8 Å². The molecule has 3 N–H and O–H groups in total. The van der Waals surface area contributed by atoms with Crippen molar-refractivity contribution < 1.29 is 31.1 Å². The highest BCUT2D eigenvalue weighted by molar-refractivity contribution is 5.89. The Hall–Kier alpha value is -3.84. The number of anilines is 2. The molecule has 1 aromatic carbocycles. The largest absolute Gasteiger partial charge is 0.416 e. The Labute approximate surface area is 189 Å². The van der Waals surface area contributed by atoms with Crippen LogP contribution in [0.15, 0.2) is 36.7 Å². The number of hydrogen-bond acceptors (Lipinski definition) is 5. The number of aromatic nitrogens is 4. The molecular weight excluding hydrogens is 468 g/mol. The number of urea groups is 1. The minimum absolute atomic E-state index is 0.00380. The molecule has 0 saturated heterocycles. The van der Waals surface area contributed by atoms with Gasteiger partial charge in [-0.3, -0.25) is 0 Å². The molecule has 0 aliphatic carbocycles. The van der Waals surface area contributed by atoms with Gasteiger partial charge in [0, 0.05) is 30.5 Å². The fourth-order valence-electron chi connectivity index (χ4n) is 2.99. The summed E-state index contributed by atoms with van der Waals surface area (Å²) in [6.45, 7) is 3.86. The van der Waals surface area contributed by atoms with E-state index in [-0.39, 0.29) is 19.2 Å². The van der Waals surface area contributed by atoms with Gasteiger partial charge in [-0.1, -0.05) is 0 Å². The number of alkyl halides is 6. The maximum atomic E-state index is 12.9. The standard InChI is InChI=1S/C20H19F6N7O/c1-11-5-12(2)33(32-11)17-9-16(29-10-30-17)27-3-4-28-18(34)31-15-7-13(19(21,22)23)6-14(8-15)20(24,25)26/h5-10H,3-4H2,1-2H3,(H,27,29,30)(H2,28,31,34). The Morgan fingerprint density at radius 1 is 0.912 bits per heavy atom. The molecule has 3 aromatic rings. The molecule has 3 rings (SSSR count). The quantitative estimate of drug-likeness (QED) is 0.350. The van der Waals surface area contributed by atoms with Crippen LogP contribution < -0.4 is 16.0 Å². The third-order valence-corrected chi connectivity index (χ3v) is 4.44. The zero-order chi connectivity index (χ0) is 25.1. The van der Waals surface area contributed by atoms with E-state index in [4.69, 9.17) is 0 Å². The molecule has 34 heavy (non-hydrogen) atoms. The normalized spacial score (nSPS) is 11.9. The lowest BCUT2D eigenvalue weighted by atomic mass is 10.1. The zero-order valence-corrected chi connectivity index (χ0v) is 17.8. The summed E-state index contributed by atoms with van der Waals surface area (Å²) in [5.41, 5.74) is -2.02. The van der Waals surface area contributed by atoms with Crippen molar-refractivity contribution in [3.8, 4) is 5.82 Å². The summed E-state index contributed by atoms with van der Waals surface area (Å²) in [6.07, 6.45) is -8.70. The highest BCUT2D eigenvalue weighted by atomic mass is 19.4. The fraction of sp³-hybridized carbons (Fsp3) is 0.300. The van der Waals surface area contributed by atoms with Gasteiger partial charge < -0.3 is 16.0 Å². The summed E-state index contributed by atoms with van der Waals surface area (Å²) in [5.74, 6) is 0.936. The molecule has 0 aliphatic heterocycles. The molecule has 8 nitrogen and oxygen atoms in total. The number of carbonyl (C=O) groups excluding carboxylic acids is 1. The van der Waals surface area contributed by atoms with Gasteiger partial charge in [0.2, 0.25) is 0 Å². The van der Waals surface area contributed by atoms with Crippen LogP contribution in [0.1, 0.15) is 22.5 Å². The average Bonchev–Trinajstić information content (AvgIpc) is 3.08. The second-order valence-electron chi connectivity index (χ2n) is 7.20. The zero-order valence-electron chi connectivity index (χ0n) is 17.8. The Balaban J connectivity index is 1.57. The lowest BCUT2D eigenvalue weighted by Crippen LogP contribution is -2.33. The highest BCUT2D eigenvalue weighted by Gasteiger charge is 2.37. The Kier molecular flexibility index (Phi) is 6.98. The number of nitrogens with zero attached hydrogens (tertiary/aromatic N) is 4. The number of halogens is 6. The molecule has 2 heterocycles. The van der Waals surface area contributed by atoms with Crippen LogP contribution in [0.3, 0.4) is 0 Å². The van der Waals surface area contributed by atoms with E-state index in [0.717, 1.165) is 11.4 Å². The molecule has 14 heteroatoms. The van der Waals surface area contributed by atoms with Gasteiger partial charge in [0.05, 0.1) is 16.8 Å². The van der Waals surface area contributed by atoms with Crippen LogP contribution in [0.4, 0.5) is 42.6 Å². The van der Waals surface area contributed by atoms with Crippen molar-refractivity contribution in [3.63, 3.8) is 0 Å². The van der Waals surface area contributed by atoms with E-state index in [9.17, 15) is 31.1 Å². The van der Waals surface area contributed by atoms with Gasteiger partial charge in [-0.25, -0.2) is 19.4 Å². The minimum Gasteiger partial charge on any atom is -0.368 e. The maximum Gasteiger partial charge on any atom is 0.416 e. The molecule has 0 atom stereocenters. The van der Waals surface area contributed by atoms with Crippen molar-refractivity contribution in [1.82, 2.24) is 25.1 Å². The SMILES string of the molecule is Cc1cc(C)n(-c2cc(NCCNC(=O)Nc3cc(C(F)(F)F)cc(C(F)(F)F)c3)ncn2)n1. The first-order valence-electron chi connectivity index (χ1n) is 9.77. The summed E-state index contributed by atoms with van der Waals surface area (Å²) >= 11 is 0. The maximum absolute atomic E-state index is 12.9. The smallest absolute Gasteiger partial charge is 0.368 e. The number of rotatable bonds is 6. The molecule has 0 aliphatic rings. The minimum atomic E-state index is -5.01. The van der Waals surface area contributed by atoms with Gasteiger partial charge in [-0.05, 0) is 38.1 Å². The molecule has 2 amide bonds.